The van der Waals surface area contributed by atoms with Crippen molar-refractivity contribution < 1.29 is 0 Å². The molecule has 1 N–H and O–H groups in total. The van der Waals surface area contributed by atoms with Crippen molar-refractivity contribution in [1.29, 1.82) is 0 Å². The van der Waals surface area contributed by atoms with Gasteiger partial charge in [0, 0.05) is 38.1 Å². The highest BCUT2D eigenvalue weighted by Crippen LogP contribution is 2.26. The lowest BCUT2D eigenvalue weighted by Crippen LogP contribution is -2.31. The van der Waals surface area contributed by atoms with E-state index in [1.165, 1.54) is 16.3 Å². The van der Waals surface area contributed by atoms with E-state index >= 15 is 0 Å². The summed E-state index contributed by atoms with van der Waals surface area (Å²) in [5, 5.41) is 9.40. The first-order valence-electron chi connectivity index (χ1n) is 10.3. The summed E-state index contributed by atoms with van der Waals surface area (Å²) in [6.45, 7) is 6.95. The van der Waals surface area contributed by atoms with Gasteiger partial charge in [0.05, 0.1) is 5.75 Å². The Hall–Kier alpha value is -3.47. The third-order valence-corrected chi connectivity index (χ3v) is 6.10. The normalized spacial score (nSPS) is 11.3. The molecule has 0 aliphatic carbocycles. The van der Waals surface area contributed by atoms with Crippen LogP contribution < -0.4 is 11.2 Å². The van der Waals surface area contributed by atoms with Gasteiger partial charge in [-0.25, -0.2) is 9.78 Å². The molecule has 0 saturated carbocycles. The molecule has 32 heavy (non-hydrogen) atoms. The van der Waals surface area contributed by atoms with Crippen molar-refractivity contribution in [2.24, 2.45) is 7.05 Å². The highest BCUT2D eigenvalue weighted by atomic mass is 32.2. The van der Waals surface area contributed by atoms with Gasteiger partial charge in [-0.3, -0.25) is 23.9 Å². The zero-order chi connectivity index (χ0) is 22.7. The fourth-order valence-corrected chi connectivity index (χ4v) is 4.41. The van der Waals surface area contributed by atoms with Gasteiger partial charge < -0.3 is 4.57 Å². The predicted octanol–water partition coefficient (Wildman–Crippen LogP) is 2.36. The van der Waals surface area contributed by atoms with E-state index in [1.807, 2.05) is 23.6 Å². The predicted molar refractivity (Wildman–Crippen MR) is 124 cm³/mol. The first-order chi connectivity index (χ1) is 15.5. The maximum Gasteiger partial charge on any atom is 0.330 e. The van der Waals surface area contributed by atoms with E-state index in [2.05, 4.69) is 31.7 Å². The van der Waals surface area contributed by atoms with E-state index in [1.54, 1.807) is 30.1 Å². The number of aromatic amines is 1. The van der Waals surface area contributed by atoms with Gasteiger partial charge >= 0.3 is 5.69 Å². The van der Waals surface area contributed by atoms with Crippen molar-refractivity contribution in [3.05, 3.63) is 63.8 Å². The van der Waals surface area contributed by atoms with Crippen LogP contribution in [-0.2, 0) is 25.9 Å². The minimum Gasteiger partial charge on any atom is -0.325 e. The van der Waals surface area contributed by atoms with Crippen LogP contribution in [0.4, 0.5) is 0 Å². The Morgan fingerprint density at radius 2 is 1.97 bits per heavy atom. The molecule has 4 aromatic heterocycles. The van der Waals surface area contributed by atoms with Crippen molar-refractivity contribution in [2.45, 2.75) is 43.8 Å². The number of aromatic nitrogens is 8. The smallest absolute Gasteiger partial charge is 0.325 e. The molecule has 0 atom stereocenters. The van der Waals surface area contributed by atoms with E-state index in [9.17, 15) is 9.59 Å². The van der Waals surface area contributed by atoms with Gasteiger partial charge in [0.15, 0.2) is 22.1 Å². The molecule has 0 aromatic carbocycles. The molecule has 0 fully saturated rings. The molecule has 4 rings (SSSR count). The summed E-state index contributed by atoms with van der Waals surface area (Å²) in [7, 11) is 1.78. The minimum absolute atomic E-state index is 0.390. The molecule has 166 valence electrons. The van der Waals surface area contributed by atoms with Crippen LogP contribution >= 0.6 is 11.8 Å². The Balaban J connectivity index is 1.68. The lowest BCUT2D eigenvalue weighted by Gasteiger charge is -2.07. The average Bonchev–Trinajstić information content (AvgIpc) is 3.34. The highest BCUT2D eigenvalue weighted by Gasteiger charge is 2.18. The minimum atomic E-state index is -0.432. The number of nitrogens with one attached hydrogen (secondary N) is 1. The summed E-state index contributed by atoms with van der Waals surface area (Å²) < 4.78 is 5.25. The lowest BCUT2D eigenvalue weighted by molar-refractivity contribution is 0.613. The van der Waals surface area contributed by atoms with Crippen LogP contribution in [0.25, 0.3) is 22.6 Å². The monoisotopic (exact) mass is 452 g/mol. The molecule has 0 aliphatic rings. The van der Waals surface area contributed by atoms with E-state index in [4.69, 9.17) is 0 Å². The number of hydrogen-bond acceptors (Lipinski definition) is 7. The molecule has 10 nitrogen and oxygen atoms in total. The van der Waals surface area contributed by atoms with Gasteiger partial charge in [0.1, 0.15) is 5.82 Å². The number of thioether (sulfide) groups is 1. The summed E-state index contributed by atoms with van der Waals surface area (Å²) in [4.78, 5) is 35.9. The lowest BCUT2D eigenvalue weighted by atomic mass is 10.2. The van der Waals surface area contributed by atoms with E-state index in [0.29, 0.717) is 41.0 Å². The van der Waals surface area contributed by atoms with Crippen LogP contribution in [0.3, 0.4) is 0 Å². The van der Waals surface area contributed by atoms with Gasteiger partial charge in [-0.2, -0.15) is 0 Å². The zero-order valence-corrected chi connectivity index (χ0v) is 18.8. The second-order valence-corrected chi connectivity index (χ2v) is 8.20. The average molecular weight is 453 g/mol. The fourth-order valence-electron chi connectivity index (χ4n) is 3.48. The van der Waals surface area contributed by atoms with Crippen molar-refractivity contribution in [1.82, 2.24) is 38.9 Å². The molecule has 0 saturated heterocycles. The van der Waals surface area contributed by atoms with Gasteiger partial charge in [-0.1, -0.05) is 31.2 Å². The molecule has 4 heterocycles. The third-order valence-electron chi connectivity index (χ3n) is 5.14. The van der Waals surface area contributed by atoms with E-state index < -0.39 is 11.2 Å². The quantitative estimate of drug-likeness (QED) is 0.306. The number of imidazole rings is 1. The van der Waals surface area contributed by atoms with Gasteiger partial charge in [-0.15, -0.1) is 16.8 Å². The standard InChI is InChI=1S/C21H24N8O2S/c1-4-6-12-28-18-16(19(30)24-20(28)31)27(3)15(23-18)13-32-21-26-25-17(29(21)11-5-2)14-7-9-22-10-8-14/h5,7-10H,2,4,6,11-13H2,1,3H3,(H,24,30,31). The molecule has 0 amide bonds. The van der Waals surface area contributed by atoms with E-state index in [0.717, 1.165) is 24.2 Å². The van der Waals surface area contributed by atoms with E-state index in [-0.39, 0.29) is 0 Å². The number of rotatable bonds is 9. The maximum absolute atomic E-state index is 12.5. The number of unbranched alkanes of at least 4 members (excludes halogenated alkanes) is 1. The number of hydrogen-bond donors (Lipinski definition) is 1. The van der Waals surface area contributed by atoms with Crippen LogP contribution in [0.1, 0.15) is 25.6 Å². The van der Waals surface area contributed by atoms with Crippen LogP contribution in [-0.4, -0.2) is 38.9 Å². The fraction of sp³-hybridized carbons (Fsp3) is 0.333. The van der Waals surface area contributed by atoms with Gasteiger partial charge in [0.25, 0.3) is 5.56 Å². The molecule has 0 radical (unpaired) electrons. The molecule has 4 aromatic rings. The largest absolute Gasteiger partial charge is 0.330 e. The summed E-state index contributed by atoms with van der Waals surface area (Å²) >= 11 is 1.46. The summed E-state index contributed by atoms with van der Waals surface area (Å²) in [5.74, 6) is 1.85. The third kappa shape index (κ3) is 4.03. The Bertz CT molecular complexity index is 1370. The topological polar surface area (TPSA) is 116 Å². The number of H-pyrrole nitrogens is 1. The van der Waals surface area contributed by atoms with Crippen molar-refractivity contribution in [3.8, 4) is 11.4 Å². The Labute approximate surface area is 188 Å². The van der Waals surface area contributed by atoms with Gasteiger partial charge in [-0.05, 0) is 18.6 Å². The van der Waals surface area contributed by atoms with Gasteiger partial charge in [0.2, 0.25) is 0 Å². The molecule has 0 bridgehead atoms. The second-order valence-electron chi connectivity index (χ2n) is 7.25. The molecule has 11 heteroatoms. The SMILES string of the molecule is C=CCn1c(SCc2nc3c(c(=O)[nH]c(=O)n3CCCC)n2C)nnc1-c1ccncc1. The number of allylic oxidation sites excluding steroid dienone is 1. The molecule has 0 aliphatic heterocycles. The van der Waals surface area contributed by atoms with Crippen LogP contribution in [0, 0.1) is 0 Å². The van der Waals surface area contributed by atoms with Crippen LogP contribution in [0.2, 0.25) is 0 Å². The molecular weight excluding hydrogens is 428 g/mol. The number of fused-ring (bicyclic) bond motifs is 1. The van der Waals surface area contributed by atoms with Crippen LogP contribution in [0.5, 0.6) is 0 Å². The zero-order valence-electron chi connectivity index (χ0n) is 18.0. The highest BCUT2D eigenvalue weighted by molar-refractivity contribution is 7.98. The van der Waals surface area contributed by atoms with Crippen molar-refractivity contribution >= 4 is 22.9 Å². The molecule has 0 spiro atoms. The first-order valence-corrected chi connectivity index (χ1v) is 11.3. The van der Waals surface area contributed by atoms with Crippen molar-refractivity contribution in [2.75, 3.05) is 0 Å². The first kappa shape index (κ1) is 21.8. The summed E-state index contributed by atoms with van der Waals surface area (Å²) in [5.41, 5.74) is 0.854. The number of aryl methyl sites for hydroxylation is 2. The Morgan fingerprint density at radius 3 is 2.69 bits per heavy atom. The second kappa shape index (κ2) is 9.35. The van der Waals surface area contributed by atoms with Crippen molar-refractivity contribution in [3.63, 3.8) is 0 Å². The summed E-state index contributed by atoms with van der Waals surface area (Å²) in [6.07, 6.45) is 6.97. The Morgan fingerprint density at radius 1 is 1.19 bits per heavy atom. The Kier molecular flexibility index (Phi) is 6.35. The number of nitrogens with zero attached hydrogens (tertiary/aromatic N) is 7. The molecule has 0 unspecified atom stereocenters. The molecular formula is C21H24N8O2S. The van der Waals surface area contributed by atoms with Crippen LogP contribution in [0.15, 0.2) is 51.9 Å². The summed E-state index contributed by atoms with van der Waals surface area (Å²) in [6, 6.07) is 3.76. The maximum atomic E-state index is 12.5. The number of pyridine rings is 1.